The fourth-order valence-corrected chi connectivity index (χ4v) is 4.05. The number of rotatable bonds is 20. The summed E-state index contributed by atoms with van der Waals surface area (Å²) in [6, 6.07) is 4.67. The van der Waals surface area contributed by atoms with Gasteiger partial charge in [0.15, 0.2) is 12.4 Å². The Bertz CT molecular complexity index is 422. The average Bonchev–Trinajstić information content (AvgIpc) is 2.72. The molecule has 0 saturated carbocycles. The van der Waals surface area contributed by atoms with Crippen LogP contribution >= 0.6 is 0 Å². The second kappa shape index (κ2) is 19.5. The summed E-state index contributed by atoms with van der Waals surface area (Å²) in [5.74, 6) is 0. The van der Waals surface area contributed by atoms with Crippen molar-refractivity contribution in [3.05, 3.63) is 30.1 Å². The molecule has 1 aromatic heterocycles. The van der Waals surface area contributed by atoms with Crippen LogP contribution < -0.4 is 4.57 Å². The van der Waals surface area contributed by atoms with Crippen LogP contribution in [0.1, 0.15) is 135 Å². The number of unbranched alkanes of at least 4 members (excludes halogenated alkanes) is 16. The molecule has 1 aromatic rings. The van der Waals surface area contributed by atoms with E-state index in [-0.39, 0.29) is 0 Å². The van der Waals surface area contributed by atoms with E-state index in [9.17, 15) is 0 Å². The zero-order valence-electron chi connectivity index (χ0n) is 19.4. The van der Waals surface area contributed by atoms with E-state index in [0.717, 1.165) is 0 Å². The predicted octanol–water partition coefficient (Wildman–Crippen LogP) is 8.58. The minimum absolute atomic E-state index is 1.18. The van der Waals surface area contributed by atoms with Crippen LogP contribution in [0.3, 0.4) is 0 Å². The van der Waals surface area contributed by atoms with Gasteiger partial charge in [-0.15, -0.1) is 0 Å². The summed E-state index contributed by atoms with van der Waals surface area (Å²) in [6.07, 6.45) is 31.4. The number of hydrogen-bond donors (Lipinski definition) is 0. The van der Waals surface area contributed by atoms with Gasteiger partial charge in [-0.05, 0) is 24.8 Å². The van der Waals surface area contributed by atoms with Crippen molar-refractivity contribution in [3.63, 3.8) is 0 Å². The van der Waals surface area contributed by atoms with Crippen LogP contribution in [0.15, 0.2) is 24.5 Å². The van der Waals surface area contributed by atoms with E-state index >= 15 is 0 Å². The highest BCUT2D eigenvalue weighted by atomic mass is 14.9. The molecule has 1 heterocycles. The molecule has 1 heteroatoms. The molecule has 162 valence electrons. The van der Waals surface area contributed by atoms with Gasteiger partial charge in [0.2, 0.25) is 0 Å². The van der Waals surface area contributed by atoms with E-state index in [1.807, 2.05) is 0 Å². The van der Waals surface area contributed by atoms with Crippen LogP contribution in [0.4, 0.5) is 0 Å². The Balaban J connectivity index is 1.87. The Morgan fingerprint density at radius 1 is 0.500 bits per heavy atom. The Morgan fingerprint density at radius 3 is 1.36 bits per heavy atom. The van der Waals surface area contributed by atoms with Crippen molar-refractivity contribution in [2.24, 2.45) is 0 Å². The Morgan fingerprint density at radius 2 is 0.893 bits per heavy atom. The molecule has 1 nitrogen and oxygen atoms in total. The fraction of sp³-hybridized carbons (Fsp3) is 0.815. The van der Waals surface area contributed by atoms with Crippen LogP contribution in [-0.2, 0) is 13.0 Å². The topological polar surface area (TPSA) is 3.88 Å². The summed E-state index contributed by atoms with van der Waals surface area (Å²) < 4.78 is 2.35. The Labute approximate surface area is 177 Å². The summed E-state index contributed by atoms with van der Waals surface area (Å²) in [5, 5.41) is 0. The minimum Gasteiger partial charge on any atom is -0.205 e. The predicted molar refractivity (Wildman–Crippen MR) is 125 cm³/mol. The highest BCUT2D eigenvalue weighted by Gasteiger charge is 2.01. The van der Waals surface area contributed by atoms with Crippen LogP contribution in [0.2, 0.25) is 0 Å². The van der Waals surface area contributed by atoms with Gasteiger partial charge in [-0.2, -0.15) is 0 Å². The fourth-order valence-electron chi connectivity index (χ4n) is 4.05. The van der Waals surface area contributed by atoms with Crippen molar-refractivity contribution in [2.45, 2.75) is 142 Å². The quantitative estimate of drug-likeness (QED) is 0.155. The highest BCUT2D eigenvalue weighted by Crippen LogP contribution is 2.13. The number of aromatic nitrogens is 1. The molecule has 28 heavy (non-hydrogen) atoms. The first-order valence-electron chi connectivity index (χ1n) is 12.8. The summed E-state index contributed by atoms with van der Waals surface area (Å²) in [6.45, 7) is 5.75. The van der Waals surface area contributed by atoms with Gasteiger partial charge in [0, 0.05) is 18.6 Å². The maximum absolute atomic E-state index is 2.35. The third-order valence-corrected chi connectivity index (χ3v) is 6.05. The SMILES string of the molecule is CCCCCCCCCCCCCCCCc1cc[n+](CCCCCC)cc1. The van der Waals surface area contributed by atoms with Crippen molar-refractivity contribution >= 4 is 0 Å². The molecule has 0 radical (unpaired) electrons. The molecule has 0 saturated heterocycles. The second-order valence-electron chi connectivity index (χ2n) is 8.85. The lowest BCUT2D eigenvalue weighted by Gasteiger charge is -2.04. The molecule has 0 fully saturated rings. The number of aryl methyl sites for hydroxylation is 2. The summed E-state index contributed by atoms with van der Waals surface area (Å²) in [4.78, 5) is 0. The highest BCUT2D eigenvalue weighted by molar-refractivity contribution is 5.07. The maximum Gasteiger partial charge on any atom is 0.169 e. The molecule has 0 aliphatic heterocycles. The first kappa shape index (κ1) is 25.2. The number of hydrogen-bond acceptors (Lipinski definition) is 0. The zero-order valence-corrected chi connectivity index (χ0v) is 19.4. The summed E-state index contributed by atoms with van der Waals surface area (Å²) >= 11 is 0. The van der Waals surface area contributed by atoms with Gasteiger partial charge >= 0.3 is 0 Å². The molecule has 0 aromatic carbocycles. The first-order valence-corrected chi connectivity index (χ1v) is 12.8. The standard InChI is InChI=1S/C27H50N/c1-3-5-7-9-10-11-12-13-14-15-16-17-18-19-21-27-22-25-28(26-23-27)24-20-8-6-4-2/h22-23,25-26H,3-21,24H2,1-2H3/q+1. The molecule has 0 bridgehead atoms. The van der Waals surface area contributed by atoms with E-state index < -0.39 is 0 Å². The van der Waals surface area contributed by atoms with E-state index in [1.165, 1.54) is 134 Å². The van der Waals surface area contributed by atoms with E-state index in [1.54, 1.807) is 0 Å². The van der Waals surface area contributed by atoms with Crippen LogP contribution in [0.25, 0.3) is 0 Å². The van der Waals surface area contributed by atoms with E-state index in [2.05, 4.69) is 42.9 Å². The zero-order chi connectivity index (χ0) is 20.1. The van der Waals surface area contributed by atoms with Gasteiger partial charge in [0.1, 0.15) is 6.54 Å². The van der Waals surface area contributed by atoms with Crippen molar-refractivity contribution in [3.8, 4) is 0 Å². The molecule has 0 aliphatic rings. The molecule has 0 amide bonds. The number of nitrogens with zero attached hydrogens (tertiary/aromatic N) is 1. The lowest BCUT2D eigenvalue weighted by atomic mass is 10.0. The first-order chi connectivity index (χ1) is 13.9. The van der Waals surface area contributed by atoms with Gasteiger partial charge < -0.3 is 0 Å². The van der Waals surface area contributed by atoms with Crippen molar-refractivity contribution in [1.82, 2.24) is 0 Å². The van der Waals surface area contributed by atoms with Gasteiger partial charge in [0.25, 0.3) is 0 Å². The largest absolute Gasteiger partial charge is 0.205 e. The maximum atomic E-state index is 2.35. The van der Waals surface area contributed by atoms with Gasteiger partial charge in [-0.25, -0.2) is 4.57 Å². The van der Waals surface area contributed by atoms with Crippen LogP contribution in [-0.4, -0.2) is 0 Å². The summed E-state index contributed by atoms with van der Waals surface area (Å²) in [7, 11) is 0. The second-order valence-corrected chi connectivity index (χ2v) is 8.85. The summed E-state index contributed by atoms with van der Waals surface area (Å²) in [5.41, 5.74) is 1.52. The normalized spacial score (nSPS) is 11.2. The molecule has 0 aliphatic carbocycles. The lowest BCUT2D eigenvalue weighted by Crippen LogP contribution is -2.32. The van der Waals surface area contributed by atoms with Gasteiger partial charge in [-0.1, -0.05) is 110 Å². The van der Waals surface area contributed by atoms with Crippen LogP contribution in [0.5, 0.6) is 0 Å². The minimum atomic E-state index is 1.18. The molecule has 0 spiro atoms. The van der Waals surface area contributed by atoms with Crippen molar-refractivity contribution in [1.29, 1.82) is 0 Å². The molecular formula is C27H50N+. The molecule has 0 atom stereocenters. The van der Waals surface area contributed by atoms with Gasteiger partial charge in [-0.3, -0.25) is 0 Å². The Kier molecular flexibility index (Phi) is 17.5. The molecule has 1 rings (SSSR count). The third kappa shape index (κ3) is 15.1. The molecular weight excluding hydrogens is 338 g/mol. The van der Waals surface area contributed by atoms with E-state index in [4.69, 9.17) is 0 Å². The molecule has 0 unspecified atom stereocenters. The van der Waals surface area contributed by atoms with Crippen molar-refractivity contribution in [2.75, 3.05) is 0 Å². The Hall–Kier alpha value is -0.850. The monoisotopic (exact) mass is 388 g/mol. The van der Waals surface area contributed by atoms with Crippen LogP contribution in [0, 0.1) is 0 Å². The lowest BCUT2D eigenvalue weighted by molar-refractivity contribution is -0.697. The van der Waals surface area contributed by atoms with E-state index in [0.29, 0.717) is 0 Å². The van der Waals surface area contributed by atoms with Gasteiger partial charge in [0.05, 0.1) is 0 Å². The number of pyridine rings is 1. The van der Waals surface area contributed by atoms with Crippen molar-refractivity contribution < 1.29 is 4.57 Å². The smallest absolute Gasteiger partial charge is 0.169 e. The molecule has 0 N–H and O–H groups in total. The third-order valence-electron chi connectivity index (χ3n) is 6.05. The average molecular weight is 389 g/mol.